The summed E-state index contributed by atoms with van der Waals surface area (Å²) >= 11 is 0. The Kier molecular flexibility index (Phi) is 15.5. The second-order valence-corrected chi connectivity index (χ2v) is 5.38. The van der Waals surface area contributed by atoms with E-state index in [1.807, 2.05) is 27.7 Å². The standard InChI is InChI=1S/C8H14N2O.C8H14O3.C2H6/c1-6-8(4-3-5-11)7(2)10-9-6;1-6(10)8(7(2)11)4-3-5-9;1-2/h11H,3-5H2,1-2H3,(H,9,10);8-9H,3-5H2,1-2H3;1-2H3. The smallest absolute Gasteiger partial charge is 0.140 e. The van der Waals surface area contributed by atoms with Gasteiger partial charge in [0.25, 0.3) is 0 Å². The first-order valence-corrected chi connectivity index (χ1v) is 8.58. The Morgan fingerprint density at radius 1 is 1.04 bits per heavy atom. The van der Waals surface area contributed by atoms with E-state index < -0.39 is 5.92 Å². The van der Waals surface area contributed by atoms with Crippen LogP contribution in [0.25, 0.3) is 0 Å². The highest BCUT2D eigenvalue weighted by Crippen LogP contribution is 2.11. The number of aryl methyl sites for hydroxylation is 2. The number of hydrogen-bond donors (Lipinski definition) is 3. The second kappa shape index (κ2) is 15.0. The molecule has 0 unspecified atom stereocenters. The van der Waals surface area contributed by atoms with Crippen LogP contribution >= 0.6 is 0 Å². The fourth-order valence-electron chi connectivity index (χ4n) is 2.19. The zero-order valence-corrected chi connectivity index (χ0v) is 16.0. The van der Waals surface area contributed by atoms with Gasteiger partial charge in [-0.25, -0.2) is 0 Å². The lowest BCUT2D eigenvalue weighted by atomic mass is 9.96. The van der Waals surface area contributed by atoms with E-state index in [1.165, 1.54) is 19.4 Å². The molecule has 3 N–H and O–H groups in total. The van der Waals surface area contributed by atoms with Gasteiger partial charge in [-0.1, -0.05) is 13.8 Å². The summed E-state index contributed by atoms with van der Waals surface area (Å²) in [6.07, 6.45) is 2.73. The summed E-state index contributed by atoms with van der Waals surface area (Å²) in [7, 11) is 0. The molecule has 0 saturated heterocycles. The average Bonchev–Trinajstić information content (AvgIpc) is 2.86. The highest BCUT2D eigenvalue weighted by molar-refractivity contribution is 6.00. The van der Waals surface area contributed by atoms with E-state index >= 15 is 0 Å². The first-order chi connectivity index (χ1) is 11.3. The van der Waals surface area contributed by atoms with Crippen molar-refractivity contribution >= 4 is 11.6 Å². The van der Waals surface area contributed by atoms with E-state index in [-0.39, 0.29) is 24.8 Å². The molecule has 140 valence electrons. The maximum atomic E-state index is 10.8. The number of carbonyl (C=O) groups excluding carboxylic acids is 2. The Morgan fingerprint density at radius 2 is 1.54 bits per heavy atom. The highest BCUT2D eigenvalue weighted by atomic mass is 16.3. The lowest BCUT2D eigenvalue weighted by Gasteiger charge is -2.07. The van der Waals surface area contributed by atoms with Crippen molar-refractivity contribution in [2.45, 2.75) is 67.2 Å². The molecule has 0 fully saturated rings. The molecule has 1 aromatic rings. The topological polar surface area (TPSA) is 103 Å². The molecule has 0 aromatic carbocycles. The molecular weight excluding hydrogens is 308 g/mol. The quantitative estimate of drug-likeness (QED) is 0.630. The van der Waals surface area contributed by atoms with E-state index in [9.17, 15) is 9.59 Å². The first kappa shape index (κ1) is 24.7. The minimum Gasteiger partial charge on any atom is -0.396 e. The fourth-order valence-corrected chi connectivity index (χ4v) is 2.19. The van der Waals surface area contributed by atoms with Gasteiger partial charge in [0.2, 0.25) is 0 Å². The zero-order chi connectivity index (χ0) is 19.1. The monoisotopic (exact) mass is 342 g/mol. The van der Waals surface area contributed by atoms with Gasteiger partial charge in [0.05, 0.1) is 11.6 Å². The molecule has 0 spiro atoms. The Morgan fingerprint density at radius 3 is 1.88 bits per heavy atom. The summed E-state index contributed by atoms with van der Waals surface area (Å²) in [5.41, 5.74) is 3.42. The Labute approximate surface area is 145 Å². The summed E-state index contributed by atoms with van der Waals surface area (Å²) in [6.45, 7) is 11.1. The molecule has 0 atom stereocenters. The summed E-state index contributed by atoms with van der Waals surface area (Å²) in [5, 5.41) is 24.0. The van der Waals surface area contributed by atoms with Crippen LogP contribution in [0.5, 0.6) is 0 Å². The van der Waals surface area contributed by atoms with Crippen molar-refractivity contribution < 1.29 is 19.8 Å². The van der Waals surface area contributed by atoms with Crippen molar-refractivity contribution in [3.63, 3.8) is 0 Å². The minimum absolute atomic E-state index is 0.0388. The Hall–Kier alpha value is -1.53. The third kappa shape index (κ3) is 10.3. The molecule has 1 rings (SSSR count). The highest BCUT2D eigenvalue weighted by Gasteiger charge is 2.17. The van der Waals surface area contributed by atoms with Gasteiger partial charge in [-0.2, -0.15) is 5.10 Å². The number of aromatic nitrogens is 2. The predicted molar refractivity (Wildman–Crippen MR) is 96.0 cm³/mol. The number of Topliss-reactive ketones (excluding diaryl/α,β-unsaturated/α-hetero) is 2. The number of H-pyrrole nitrogens is 1. The largest absolute Gasteiger partial charge is 0.396 e. The van der Waals surface area contributed by atoms with Crippen LogP contribution in [0.2, 0.25) is 0 Å². The van der Waals surface area contributed by atoms with Gasteiger partial charge in [0.1, 0.15) is 11.6 Å². The van der Waals surface area contributed by atoms with Crippen LogP contribution in [-0.4, -0.2) is 45.2 Å². The molecular formula is C18H34N2O4. The van der Waals surface area contributed by atoms with Gasteiger partial charge in [-0.05, 0) is 58.9 Å². The molecule has 0 amide bonds. The molecule has 6 nitrogen and oxygen atoms in total. The van der Waals surface area contributed by atoms with Gasteiger partial charge < -0.3 is 10.2 Å². The number of aliphatic hydroxyl groups is 2. The normalized spacial score (nSPS) is 9.71. The molecule has 0 aliphatic heterocycles. The number of nitrogens with zero attached hydrogens (tertiary/aromatic N) is 1. The van der Waals surface area contributed by atoms with Crippen molar-refractivity contribution in [1.82, 2.24) is 10.2 Å². The zero-order valence-electron chi connectivity index (χ0n) is 16.0. The predicted octanol–water partition coefficient (Wildman–Crippen LogP) is 2.53. The molecule has 0 aliphatic rings. The SMILES string of the molecule is CC.CC(=O)C(CCCO)C(C)=O.Cc1n[nH]c(C)c1CCCO. The van der Waals surface area contributed by atoms with Gasteiger partial charge >= 0.3 is 0 Å². The van der Waals surface area contributed by atoms with Crippen LogP contribution in [0.1, 0.15) is 63.9 Å². The summed E-state index contributed by atoms with van der Waals surface area (Å²) < 4.78 is 0. The fraction of sp³-hybridized carbons (Fsp3) is 0.722. The maximum absolute atomic E-state index is 10.8. The van der Waals surface area contributed by atoms with Crippen molar-refractivity contribution in [3.05, 3.63) is 17.0 Å². The van der Waals surface area contributed by atoms with Crippen molar-refractivity contribution in [2.24, 2.45) is 5.92 Å². The lowest BCUT2D eigenvalue weighted by molar-refractivity contribution is -0.130. The molecule has 6 heteroatoms. The van der Waals surface area contributed by atoms with E-state index in [4.69, 9.17) is 10.2 Å². The van der Waals surface area contributed by atoms with Crippen LogP contribution in [0.4, 0.5) is 0 Å². The average molecular weight is 342 g/mol. The number of hydrogen-bond acceptors (Lipinski definition) is 5. The number of aliphatic hydroxyl groups excluding tert-OH is 2. The molecule has 0 radical (unpaired) electrons. The third-order valence-electron chi connectivity index (χ3n) is 3.50. The summed E-state index contributed by atoms with van der Waals surface area (Å²) in [6, 6.07) is 0. The molecule has 1 heterocycles. The number of nitrogens with one attached hydrogen (secondary N) is 1. The van der Waals surface area contributed by atoms with Crippen molar-refractivity contribution in [1.29, 1.82) is 0 Å². The molecule has 0 aliphatic carbocycles. The molecule has 1 aromatic heterocycles. The van der Waals surface area contributed by atoms with Crippen LogP contribution in [0, 0.1) is 19.8 Å². The van der Waals surface area contributed by atoms with Crippen LogP contribution < -0.4 is 0 Å². The van der Waals surface area contributed by atoms with E-state index in [2.05, 4.69) is 10.2 Å². The number of carbonyl (C=O) groups is 2. The summed E-state index contributed by atoms with van der Waals surface area (Å²) in [5.74, 6) is -0.709. The van der Waals surface area contributed by atoms with E-state index in [0.717, 1.165) is 24.2 Å². The number of ketones is 2. The third-order valence-corrected chi connectivity index (χ3v) is 3.50. The van der Waals surface area contributed by atoms with Crippen LogP contribution in [0.15, 0.2) is 0 Å². The van der Waals surface area contributed by atoms with Gasteiger partial charge in [0, 0.05) is 18.9 Å². The molecule has 0 saturated carbocycles. The Balaban J connectivity index is 0. The number of aromatic amines is 1. The number of rotatable bonds is 8. The van der Waals surface area contributed by atoms with Crippen LogP contribution in [0.3, 0.4) is 0 Å². The van der Waals surface area contributed by atoms with Gasteiger partial charge in [0.15, 0.2) is 0 Å². The van der Waals surface area contributed by atoms with Crippen molar-refractivity contribution in [3.8, 4) is 0 Å². The second-order valence-electron chi connectivity index (χ2n) is 5.38. The summed E-state index contributed by atoms with van der Waals surface area (Å²) in [4.78, 5) is 21.6. The first-order valence-electron chi connectivity index (χ1n) is 8.58. The van der Waals surface area contributed by atoms with Gasteiger partial charge in [-0.15, -0.1) is 0 Å². The molecule has 24 heavy (non-hydrogen) atoms. The maximum Gasteiger partial charge on any atom is 0.140 e. The molecule has 0 bridgehead atoms. The van der Waals surface area contributed by atoms with Gasteiger partial charge in [-0.3, -0.25) is 14.7 Å². The van der Waals surface area contributed by atoms with Crippen molar-refractivity contribution in [2.75, 3.05) is 13.2 Å². The van der Waals surface area contributed by atoms with E-state index in [0.29, 0.717) is 12.8 Å². The van der Waals surface area contributed by atoms with Crippen LogP contribution in [-0.2, 0) is 16.0 Å². The Bertz CT molecular complexity index is 436. The van der Waals surface area contributed by atoms with E-state index in [1.54, 1.807) is 0 Å². The minimum atomic E-state index is -0.498. The lowest BCUT2D eigenvalue weighted by Crippen LogP contribution is -2.19.